The summed E-state index contributed by atoms with van der Waals surface area (Å²) < 4.78 is 10.1. The Hall–Kier alpha value is -1.95. The molecule has 1 aromatic rings. The fourth-order valence-corrected chi connectivity index (χ4v) is 2.17. The molecular formula is C15H18O5S. The van der Waals surface area contributed by atoms with Crippen LogP contribution < -0.4 is 4.74 Å². The Kier molecular flexibility index (Phi) is 8.04. The van der Waals surface area contributed by atoms with Gasteiger partial charge in [-0.3, -0.25) is 4.79 Å². The first-order valence-corrected chi connectivity index (χ1v) is 7.55. The minimum Gasteiger partial charge on any atom is -0.493 e. The molecule has 1 N–H and O–H groups in total. The zero-order valence-electron chi connectivity index (χ0n) is 11.8. The highest BCUT2D eigenvalue weighted by Crippen LogP contribution is 2.15. The molecule has 0 unspecified atom stereocenters. The Bertz CT molecular complexity index is 499. The van der Waals surface area contributed by atoms with Crippen LogP contribution in [-0.2, 0) is 14.3 Å². The van der Waals surface area contributed by atoms with Gasteiger partial charge in [0.1, 0.15) is 5.75 Å². The van der Waals surface area contributed by atoms with Crippen LogP contribution >= 0.6 is 11.8 Å². The number of carboxylic acids is 1. The van der Waals surface area contributed by atoms with Crippen molar-refractivity contribution in [2.75, 3.05) is 25.2 Å². The maximum absolute atomic E-state index is 10.9. The number of carboxylic acid groups (broad SMARTS) is 1. The van der Waals surface area contributed by atoms with Gasteiger partial charge >= 0.3 is 11.9 Å². The van der Waals surface area contributed by atoms with Crippen LogP contribution in [0.4, 0.5) is 0 Å². The molecule has 0 heterocycles. The second-order valence-corrected chi connectivity index (χ2v) is 5.26. The summed E-state index contributed by atoms with van der Waals surface area (Å²) in [7, 11) is 1.38. The molecule has 0 amide bonds. The van der Waals surface area contributed by atoms with E-state index in [0.717, 1.165) is 17.4 Å². The molecule has 0 aliphatic rings. The summed E-state index contributed by atoms with van der Waals surface area (Å²) in [5.74, 6) is 0.977. The number of benzene rings is 1. The third kappa shape index (κ3) is 8.04. The molecule has 0 atom stereocenters. The van der Waals surface area contributed by atoms with Crippen molar-refractivity contribution in [2.45, 2.75) is 6.42 Å². The highest BCUT2D eigenvalue weighted by molar-refractivity contribution is 7.99. The molecule has 0 saturated heterocycles. The van der Waals surface area contributed by atoms with Gasteiger partial charge in [-0.05, 0) is 23.8 Å². The van der Waals surface area contributed by atoms with E-state index in [1.165, 1.54) is 13.2 Å². The Labute approximate surface area is 127 Å². The summed E-state index contributed by atoms with van der Waals surface area (Å²) in [4.78, 5) is 21.3. The highest BCUT2D eigenvalue weighted by atomic mass is 32.2. The first-order valence-electron chi connectivity index (χ1n) is 6.40. The van der Waals surface area contributed by atoms with Crippen LogP contribution in [0.25, 0.3) is 6.08 Å². The molecule has 0 aliphatic heterocycles. The van der Waals surface area contributed by atoms with Gasteiger partial charge in [0, 0.05) is 17.6 Å². The summed E-state index contributed by atoms with van der Waals surface area (Å²) in [6, 6.07) is 7.20. The van der Waals surface area contributed by atoms with Crippen molar-refractivity contribution in [2.24, 2.45) is 0 Å². The van der Waals surface area contributed by atoms with Crippen molar-refractivity contribution in [1.29, 1.82) is 0 Å². The second kappa shape index (κ2) is 9.88. The van der Waals surface area contributed by atoms with E-state index in [1.54, 1.807) is 30.0 Å². The SMILES string of the molecule is COC(=O)CCSCCOc1cccc(C=CC(=O)O)c1. The Morgan fingerprint density at radius 1 is 1.33 bits per heavy atom. The number of carbonyl (C=O) groups is 2. The summed E-state index contributed by atoms with van der Waals surface area (Å²) in [5, 5.41) is 8.57. The Morgan fingerprint density at radius 3 is 2.86 bits per heavy atom. The van der Waals surface area contributed by atoms with E-state index >= 15 is 0 Å². The van der Waals surface area contributed by atoms with Gasteiger partial charge < -0.3 is 14.6 Å². The molecule has 0 fully saturated rings. The lowest BCUT2D eigenvalue weighted by atomic mass is 10.2. The van der Waals surface area contributed by atoms with E-state index < -0.39 is 5.97 Å². The molecule has 114 valence electrons. The number of hydrogen-bond donors (Lipinski definition) is 1. The Morgan fingerprint density at radius 2 is 2.14 bits per heavy atom. The lowest BCUT2D eigenvalue weighted by Crippen LogP contribution is -2.04. The third-order valence-electron chi connectivity index (χ3n) is 2.45. The summed E-state index contributed by atoms with van der Waals surface area (Å²) in [5.41, 5.74) is 0.772. The van der Waals surface area contributed by atoms with Crippen LogP contribution in [0, 0.1) is 0 Å². The van der Waals surface area contributed by atoms with E-state index in [2.05, 4.69) is 4.74 Å². The predicted octanol–water partition coefficient (Wildman–Crippen LogP) is 2.46. The normalized spacial score (nSPS) is 10.5. The van der Waals surface area contributed by atoms with Gasteiger partial charge in [0.05, 0.1) is 20.1 Å². The van der Waals surface area contributed by atoms with Gasteiger partial charge in [0.2, 0.25) is 0 Å². The molecule has 0 saturated carbocycles. The van der Waals surface area contributed by atoms with Crippen LogP contribution in [0.2, 0.25) is 0 Å². The van der Waals surface area contributed by atoms with Crippen LogP contribution in [0.5, 0.6) is 5.75 Å². The van der Waals surface area contributed by atoms with Crippen molar-refractivity contribution < 1.29 is 24.2 Å². The number of thioether (sulfide) groups is 1. The molecule has 0 radical (unpaired) electrons. The largest absolute Gasteiger partial charge is 0.493 e. The average Bonchev–Trinajstić information content (AvgIpc) is 2.48. The topological polar surface area (TPSA) is 72.8 Å². The molecule has 1 rings (SSSR count). The maximum atomic E-state index is 10.9. The number of hydrogen-bond acceptors (Lipinski definition) is 5. The average molecular weight is 310 g/mol. The molecule has 21 heavy (non-hydrogen) atoms. The van der Waals surface area contributed by atoms with Gasteiger partial charge in [0.15, 0.2) is 0 Å². The molecule has 0 spiro atoms. The van der Waals surface area contributed by atoms with Crippen LogP contribution in [-0.4, -0.2) is 42.3 Å². The number of methoxy groups -OCH3 is 1. The van der Waals surface area contributed by atoms with Crippen molar-refractivity contribution in [3.8, 4) is 5.75 Å². The van der Waals surface area contributed by atoms with E-state index in [4.69, 9.17) is 9.84 Å². The number of carbonyl (C=O) groups excluding carboxylic acids is 1. The summed E-state index contributed by atoms with van der Waals surface area (Å²) in [6.07, 6.45) is 3.00. The fraction of sp³-hybridized carbons (Fsp3) is 0.333. The standard InChI is InChI=1S/C15H18O5S/c1-19-15(18)7-9-21-10-8-20-13-4-2-3-12(11-13)5-6-14(16)17/h2-6,11H,7-10H2,1H3,(H,16,17). The number of rotatable bonds is 9. The maximum Gasteiger partial charge on any atom is 0.328 e. The number of esters is 1. The molecule has 0 bridgehead atoms. The minimum absolute atomic E-state index is 0.207. The zero-order chi connectivity index (χ0) is 15.5. The lowest BCUT2D eigenvalue weighted by Gasteiger charge is -2.06. The number of aliphatic carboxylic acids is 1. The molecule has 5 nitrogen and oxygen atoms in total. The van der Waals surface area contributed by atoms with Crippen molar-refractivity contribution in [3.05, 3.63) is 35.9 Å². The first-order chi connectivity index (χ1) is 10.1. The van der Waals surface area contributed by atoms with Crippen LogP contribution in [0.1, 0.15) is 12.0 Å². The fourth-order valence-electron chi connectivity index (χ4n) is 1.45. The third-order valence-corrected chi connectivity index (χ3v) is 3.40. The second-order valence-electron chi connectivity index (χ2n) is 4.03. The monoisotopic (exact) mass is 310 g/mol. The predicted molar refractivity (Wildman–Crippen MR) is 82.6 cm³/mol. The quantitative estimate of drug-likeness (QED) is 0.429. The summed E-state index contributed by atoms with van der Waals surface area (Å²) >= 11 is 1.62. The lowest BCUT2D eigenvalue weighted by molar-refractivity contribution is -0.140. The molecule has 1 aromatic carbocycles. The molecule has 6 heteroatoms. The van der Waals surface area contributed by atoms with Gasteiger partial charge in [-0.2, -0.15) is 11.8 Å². The van der Waals surface area contributed by atoms with Gasteiger partial charge in [-0.1, -0.05) is 12.1 Å². The number of ether oxygens (including phenoxy) is 2. The smallest absolute Gasteiger partial charge is 0.328 e. The van der Waals surface area contributed by atoms with Crippen LogP contribution in [0.3, 0.4) is 0 Å². The van der Waals surface area contributed by atoms with Crippen molar-refractivity contribution >= 4 is 29.8 Å². The zero-order valence-corrected chi connectivity index (χ0v) is 12.6. The Balaban J connectivity index is 2.27. The molecule has 0 aromatic heterocycles. The van der Waals surface area contributed by atoms with Crippen molar-refractivity contribution in [1.82, 2.24) is 0 Å². The van der Waals surface area contributed by atoms with Gasteiger partial charge in [-0.25, -0.2) is 4.79 Å². The van der Waals surface area contributed by atoms with Gasteiger partial charge in [0.25, 0.3) is 0 Å². The minimum atomic E-state index is -0.983. The first kappa shape index (κ1) is 17.1. The van der Waals surface area contributed by atoms with Crippen LogP contribution in [0.15, 0.2) is 30.3 Å². The van der Waals surface area contributed by atoms with E-state index in [-0.39, 0.29) is 5.97 Å². The van der Waals surface area contributed by atoms with Gasteiger partial charge in [-0.15, -0.1) is 0 Å². The summed E-state index contributed by atoms with van der Waals surface area (Å²) in [6.45, 7) is 0.526. The van der Waals surface area contributed by atoms with E-state index in [0.29, 0.717) is 24.5 Å². The molecular weight excluding hydrogens is 292 g/mol. The molecule has 0 aliphatic carbocycles. The van der Waals surface area contributed by atoms with E-state index in [1.807, 2.05) is 6.07 Å². The van der Waals surface area contributed by atoms with Crippen molar-refractivity contribution in [3.63, 3.8) is 0 Å². The van der Waals surface area contributed by atoms with E-state index in [9.17, 15) is 9.59 Å². The highest BCUT2D eigenvalue weighted by Gasteiger charge is 2.00.